The van der Waals surface area contributed by atoms with Crippen molar-refractivity contribution in [3.05, 3.63) is 81.2 Å². The maximum Gasteiger partial charge on any atom is 0.276 e. The Kier molecular flexibility index (Phi) is 5.66. The highest BCUT2D eigenvalue weighted by molar-refractivity contribution is 7.99. The second-order valence-corrected chi connectivity index (χ2v) is 8.26. The summed E-state index contributed by atoms with van der Waals surface area (Å²) < 4.78 is 16.0. The SMILES string of the molecule is O=C(CSc1nc2ccsc2c(=O)n1-c1ccccc1F)Nc1ccc(Cl)cc1. The van der Waals surface area contributed by atoms with Crippen molar-refractivity contribution in [2.24, 2.45) is 0 Å². The highest BCUT2D eigenvalue weighted by Gasteiger charge is 2.17. The van der Waals surface area contributed by atoms with Gasteiger partial charge in [-0.05, 0) is 47.8 Å². The fraction of sp³-hybridized carbons (Fsp3) is 0.0500. The largest absolute Gasteiger partial charge is 0.325 e. The Bertz CT molecular complexity index is 1250. The first-order valence-electron chi connectivity index (χ1n) is 8.46. The molecule has 4 aromatic rings. The fourth-order valence-corrected chi connectivity index (χ4v) is 4.39. The molecule has 29 heavy (non-hydrogen) atoms. The molecule has 0 fully saturated rings. The van der Waals surface area contributed by atoms with Gasteiger partial charge in [0, 0.05) is 10.7 Å². The van der Waals surface area contributed by atoms with Crippen molar-refractivity contribution < 1.29 is 9.18 Å². The molecule has 0 atom stereocenters. The summed E-state index contributed by atoms with van der Waals surface area (Å²) in [5, 5.41) is 5.32. The second kappa shape index (κ2) is 8.36. The zero-order chi connectivity index (χ0) is 20.4. The molecule has 4 rings (SSSR count). The Morgan fingerprint density at radius 3 is 2.69 bits per heavy atom. The predicted octanol–water partition coefficient (Wildman–Crippen LogP) is 4.97. The van der Waals surface area contributed by atoms with Crippen LogP contribution in [0.15, 0.2) is 69.9 Å². The number of nitrogens with one attached hydrogen (secondary N) is 1. The van der Waals surface area contributed by atoms with Crippen LogP contribution in [0.4, 0.5) is 10.1 Å². The van der Waals surface area contributed by atoms with Crippen molar-refractivity contribution in [3.8, 4) is 5.69 Å². The van der Waals surface area contributed by atoms with Gasteiger partial charge < -0.3 is 5.32 Å². The van der Waals surface area contributed by atoms with Crippen LogP contribution in [0.1, 0.15) is 0 Å². The highest BCUT2D eigenvalue weighted by atomic mass is 35.5. The van der Waals surface area contributed by atoms with E-state index in [9.17, 15) is 14.0 Å². The van der Waals surface area contributed by atoms with Crippen LogP contribution >= 0.6 is 34.7 Å². The molecule has 5 nitrogen and oxygen atoms in total. The van der Waals surface area contributed by atoms with E-state index in [-0.39, 0.29) is 28.1 Å². The average Bonchev–Trinajstić information content (AvgIpc) is 3.18. The molecular weight excluding hydrogens is 433 g/mol. The summed E-state index contributed by atoms with van der Waals surface area (Å²) in [6.07, 6.45) is 0. The number of hydrogen-bond donors (Lipinski definition) is 1. The molecule has 2 aromatic carbocycles. The summed E-state index contributed by atoms with van der Waals surface area (Å²) in [4.78, 5) is 29.8. The third-order valence-corrected chi connectivity index (χ3v) is 6.09. The Hall–Kier alpha value is -2.68. The monoisotopic (exact) mass is 445 g/mol. The minimum Gasteiger partial charge on any atom is -0.325 e. The van der Waals surface area contributed by atoms with Crippen molar-refractivity contribution in [2.75, 3.05) is 11.1 Å². The lowest BCUT2D eigenvalue weighted by Crippen LogP contribution is -2.23. The van der Waals surface area contributed by atoms with Gasteiger partial charge in [0.25, 0.3) is 5.56 Å². The van der Waals surface area contributed by atoms with E-state index in [2.05, 4.69) is 10.3 Å². The lowest BCUT2D eigenvalue weighted by atomic mass is 10.3. The number of para-hydroxylation sites is 1. The minimum atomic E-state index is -0.542. The summed E-state index contributed by atoms with van der Waals surface area (Å²) in [6.45, 7) is 0. The van der Waals surface area contributed by atoms with Crippen molar-refractivity contribution in [3.63, 3.8) is 0 Å². The molecule has 1 N–H and O–H groups in total. The molecule has 0 radical (unpaired) electrons. The molecule has 0 spiro atoms. The van der Waals surface area contributed by atoms with Crippen molar-refractivity contribution in [2.45, 2.75) is 5.16 Å². The van der Waals surface area contributed by atoms with Crippen LogP contribution in [0.25, 0.3) is 15.9 Å². The smallest absolute Gasteiger partial charge is 0.276 e. The molecule has 1 amide bonds. The second-order valence-electron chi connectivity index (χ2n) is 5.97. The summed E-state index contributed by atoms with van der Waals surface area (Å²) >= 11 is 8.16. The number of halogens is 2. The fourth-order valence-electron chi connectivity index (χ4n) is 2.69. The Balaban J connectivity index is 1.65. The van der Waals surface area contributed by atoms with Gasteiger partial charge in [0.1, 0.15) is 10.5 Å². The molecule has 0 saturated heterocycles. The highest BCUT2D eigenvalue weighted by Crippen LogP contribution is 2.25. The molecule has 0 bridgehead atoms. The maximum absolute atomic E-state index is 14.4. The normalized spacial score (nSPS) is 11.0. The van der Waals surface area contributed by atoms with Crippen LogP contribution in [-0.4, -0.2) is 21.2 Å². The van der Waals surface area contributed by atoms with E-state index in [1.807, 2.05) is 0 Å². The topological polar surface area (TPSA) is 64.0 Å². The van der Waals surface area contributed by atoms with Gasteiger partial charge in [0.05, 0.1) is 17.0 Å². The summed E-state index contributed by atoms with van der Waals surface area (Å²) in [5.41, 5.74) is 0.859. The summed E-state index contributed by atoms with van der Waals surface area (Å²) in [6, 6.07) is 14.4. The number of hydrogen-bond acceptors (Lipinski definition) is 5. The third-order valence-electron chi connectivity index (χ3n) is 4.00. The van der Waals surface area contributed by atoms with Crippen LogP contribution in [-0.2, 0) is 4.79 Å². The van der Waals surface area contributed by atoms with Gasteiger partial charge in [-0.1, -0.05) is 35.5 Å². The lowest BCUT2D eigenvalue weighted by Gasteiger charge is -2.12. The van der Waals surface area contributed by atoms with Crippen LogP contribution in [0.3, 0.4) is 0 Å². The number of amides is 1. The summed E-state index contributed by atoms with van der Waals surface area (Å²) in [5.74, 6) is -0.823. The van der Waals surface area contributed by atoms with Gasteiger partial charge >= 0.3 is 0 Å². The van der Waals surface area contributed by atoms with Gasteiger partial charge in [-0.3, -0.25) is 14.2 Å². The average molecular weight is 446 g/mol. The van der Waals surface area contributed by atoms with Crippen LogP contribution in [0.2, 0.25) is 5.02 Å². The van der Waals surface area contributed by atoms with Gasteiger partial charge in [0.2, 0.25) is 5.91 Å². The van der Waals surface area contributed by atoms with Crippen LogP contribution < -0.4 is 10.9 Å². The third kappa shape index (κ3) is 4.19. The molecule has 0 aliphatic heterocycles. The minimum absolute atomic E-state index is 0.000830. The molecule has 2 heterocycles. The van der Waals surface area contributed by atoms with Crippen molar-refractivity contribution in [1.29, 1.82) is 0 Å². The van der Waals surface area contributed by atoms with Gasteiger partial charge in [-0.25, -0.2) is 9.37 Å². The van der Waals surface area contributed by atoms with Crippen molar-refractivity contribution in [1.82, 2.24) is 9.55 Å². The van der Waals surface area contributed by atoms with Gasteiger partial charge in [-0.2, -0.15) is 0 Å². The Morgan fingerprint density at radius 1 is 1.17 bits per heavy atom. The molecule has 0 saturated carbocycles. The van der Waals surface area contributed by atoms with Crippen LogP contribution in [0.5, 0.6) is 0 Å². The lowest BCUT2D eigenvalue weighted by molar-refractivity contribution is -0.113. The molecule has 9 heteroatoms. The number of thioether (sulfide) groups is 1. The van der Waals surface area contributed by atoms with E-state index in [1.165, 1.54) is 28.0 Å². The molecule has 2 aromatic heterocycles. The number of thiophene rings is 1. The Labute approximate surface area is 178 Å². The van der Waals surface area contributed by atoms with E-state index < -0.39 is 5.82 Å². The number of carbonyl (C=O) groups excluding carboxylic acids is 1. The number of carbonyl (C=O) groups is 1. The number of anilines is 1. The molecule has 146 valence electrons. The maximum atomic E-state index is 14.4. The van der Waals surface area contributed by atoms with Gasteiger partial charge in [-0.15, -0.1) is 11.3 Å². The molecule has 0 aliphatic rings. The first-order valence-corrected chi connectivity index (χ1v) is 10.7. The Morgan fingerprint density at radius 2 is 1.93 bits per heavy atom. The number of rotatable bonds is 5. The summed E-state index contributed by atoms with van der Waals surface area (Å²) in [7, 11) is 0. The quantitative estimate of drug-likeness (QED) is 0.348. The first-order chi connectivity index (χ1) is 14.0. The van der Waals surface area contributed by atoms with E-state index in [0.717, 1.165) is 11.8 Å². The van der Waals surface area contributed by atoms with Crippen LogP contribution in [0, 0.1) is 5.82 Å². The van der Waals surface area contributed by atoms with Crippen molar-refractivity contribution >= 4 is 56.5 Å². The van der Waals surface area contributed by atoms with Gasteiger partial charge in [0.15, 0.2) is 5.16 Å². The van der Waals surface area contributed by atoms with E-state index in [4.69, 9.17) is 11.6 Å². The molecular formula is C20H13ClFN3O2S2. The number of nitrogens with zero attached hydrogens (tertiary/aromatic N) is 2. The molecule has 0 unspecified atom stereocenters. The number of benzene rings is 2. The number of aromatic nitrogens is 2. The van der Waals surface area contributed by atoms with E-state index in [1.54, 1.807) is 47.8 Å². The molecule has 0 aliphatic carbocycles. The zero-order valence-electron chi connectivity index (χ0n) is 14.8. The standard InChI is InChI=1S/C20H13ClFN3O2S2/c21-12-5-7-13(8-6-12)23-17(26)11-29-20-24-15-9-10-28-18(15)19(27)25(20)16-4-2-1-3-14(16)22/h1-10H,11H2,(H,23,26). The predicted molar refractivity (Wildman–Crippen MR) is 116 cm³/mol. The first kappa shape index (κ1) is 19.6. The number of fused-ring (bicyclic) bond motifs is 1. The zero-order valence-corrected chi connectivity index (χ0v) is 17.2. The van der Waals surface area contributed by atoms with E-state index >= 15 is 0 Å². The van der Waals surface area contributed by atoms with E-state index in [0.29, 0.717) is 20.9 Å².